The number of carbonyl (C=O) groups excluding carboxylic acids is 2. The van der Waals surface area contributed by atoms with Gasteiger partial charge < -0.3 is 19.5 Å². The van der Waals surface area contributed by atoms with E-state index < -0.39 is 0 Å². The van der Waals surface area contributed by atoms with Crippen molar-refractivity contribution in [3.05, 3.63) is 0 Å². The Kier molecular flexibility index (Phi) is 9.65. The third kappa shape index (κ3) is 8.40. The number of hydrogen-bond acceptors (Lipinski definition) is 6. The molecular weight excluding hydrogens is 294 g/mol. The maximum absolute atomic E-state index is 11.8. The number of carbonyl (C=O) groups is 2. The molecular formula is C14H25NO5S. The summed E-state index contributed by atoms with van der Waals surface area (Å²) in [6.07, 6.45) is 1.36. The van der Waals surface area contributed by atoms with Gasteiger partial charge in [0.25, 0.3) is 0 Å². The molecule has 6 nitrogen and oxygen atoms in total. The van der Waals surface area contributed by atoms with E-state index in [1.807, 2.05) is 4.90 Å². The van der Waals surface area contributed by atoms with Gasteiger partial charge in [-0.25, -0.2) is 0 Å². The molecule has 21 heavy (non-hydrogen) atoms. The molecule has 7 heteroatoms. The van der Waals surface area contributed by atoms with E-state index in [0.29, 0.717) is 45.3 Å². The summed E-state index contributed by atoms with van der Waals surface area (Å²) in [6.45, 7) is 4.96. The summed E-state index contributed by atoms with van der Waals surface area (Å²) >= 11 is 1.30. The van der Waals surface area contributed by atoms with Crippen molar-refractivity contribution in [2.75, 3.05) is 51.9 Å². The van der Waals surface area contributed by atoms with E-state index in [1.54, 1.807) is 6.92 Å². The van der Waals surface area contributed by atoms with Crippen molar-refractivity contribution in [1.82, 2.24) is 4.90 Å². The largest absolute Gasteiger partial charge is 0.394 e. The highest BCUT2D eigenvalue weighted by Gasteiger charge is 2.29. The van der Waals surface area contributed by atoms with Gasteiger partial charge in [0.2, 0.25) is 5.91 Å². The van der Waals surface area contributed by atoms with Crippen molar-refractivity contribution in [3.63, 3.8) is 0 Å². The van der Waals surface area contributed by atoms with Crippen LogP contribution in [0.4, 0.5) is 0 Å². The van der Waals surface area contributed by atoms with Crippen LogP contribution in [0, 0.1) is 5.92 Å². The summed E-state index contributed by atoms with van der Waals surface area (Å²) in [5.41, 5.74) is 0. The number of likely N-dealkylation sites (tertiary alicyclic amines) is 1. The zero-order valence-electron chi connectivity index (χ0n) is 12.6. The summed E-state index contributed by atoms with van der Waals surface area (Å²) in [6, 6.07) is 0. The minimum atomic E-state index is 0.0279. The highest BCUT2D eigenvalue weighted by atomic mass is 32.2. The molecule has 1 unspecified atom stereocenters. The number of amides is 1. The summed E-state index contributed by atoms with van der Waals surface area (Å²) in [7, 11) is 0. The molecule has 0 aromatic rings. The van der Waals surface area contributed by atoms with Crippen LogP contribution in [0.15, 0.2) is 0 Å². The van der Waals surface area contributed by atoms with Gasteiger partial charge >= 0.3 is 0 Å². The van der Waals surface area contributed by atoms with Crippen LogP contribution in [0.5, 0.6) is 0 Å². The minimum absolute atomic E-state index is 0.0279. The lowest BCUT2D eigenvalue weighted by molar-refractivity contribution is -0.127. The molecule has 0 spiro atoms. The zero-order chi connectivity index (χ0) is 15.5. The lowest BCUT2D eigenvalue weighted by atomic mass is 10.1. The first-order valence-electron chi connectivity index (χ1n) is 7.31. The van der Waals surface area contributed by atoms with E-state index in [0.717, 1.165) is 18.7 Å². The Hall–Kier alpha value is -0.630. The second-order valence-electron chi connectivity index (χ2n) is 5.01. The predicted octanol–water partition coefficient (Wildman–Crippen LogP) is 0.530. The standard InChI is InChI=1S/C14H25NO5S/c1-12(17)21-11-13-9-14(18)15(10-13)3-2-5-19-7-8-20-6-4-16/h13,16H,2-11H2,1H3. The molecule has 0 aromatic carbocycles. The molecule has 1 N–H and O–H groups in total. The Labute approximate surface area is 130 Å². The number of rotatable bonds is 11. The third-order valence-corrected chi connectivity index (χ3v) is 4.19. The molecule has 1 heterocycles. The molecule has 122 valence electrons. The van der Waals surface area contributed by atoms with Crippen molar-refractivity contribution >= 4 is 22.8 Å². The number of aliphatic hydroxyl groups is 1. The molecule has 1 atom stereocenters. The number of nitrogens with zero attached hydrogens (tertiary/aromatic N) is 1. The molecule has 1 aliphatic heterocycles. The molecule has 1 fully saturated rings. The summed E-state index contributed by atoms with van der Waals surface area (Å²) < 4.78 is 10.5. The molecule has 1 rings (SSSR count). The van der Waals surface area contributed by atoms with Crippen molar-refractivity contribution in [2.24, 2.45) is 5.92 Å². The molecule has 0 bridgehead atoms. The van der Waals surface area contributed by atoms with Gasteiger partial charge in [-0.05, 0) is 12.3 Å². The minimum Gasteiger partial charge on any atom is -0.394 e. The van der Waals surface area contributed by atoms with Crippen LogP contribution in [0.25, 0.3) is 0 Å². The van der Waals surface area contributed by atoms with Crippen LogP contribution in [0.2, 0.25) is 0 Å². The predicted molar refractivity (Wildman–Crippen MR) is 81.2 cm³/mol. The number of ether oxygens (including phenoxy) is 2. The fourth-order valence-corrected chi connectivity index (χ4v) is 2.85. The lowest BCUT2D eigenvalue weighted by Crippen LogP contribution is -2.27. The Balaban J connectivity index is 2.02. The summed E-state index contributed by atoms with van der Waals surface area (Å²) in [4.78, 5) is 24.6. The molecule has 0 aromatic heterocycles. The fourth-order valence-electron chi connectivity index (χ4n) is 2.16. The van der Waals surface area contributed by atoms with Crippen molar-refractivity contribution < 1.29 is 24.2 Å². The second-order valence-corrected chi connectivity index (χ2v) is 6.21. The number of aliphatic hydroxyl groups excluding tert-OH is 1. The van der Waals surface area contributed by atoms with Gasteiger partial charge in [-0.1, -0.05) is 11.8 Å². The summed E-state index contributed by atoms with van der Waals surface area (Å²) in [5.74, 6) is 1.20. The van der Waals surface area contributed by atoms with Gasteiger partial charge in [-0.2, -0.15) is 0 Å². The molecule has 1 aliphatic rings. The average Bonchev–Trinajstić information content (AvgIpc) is 2.80. The van der Waals surface area contributed by atoms with Gasteiger partial charge in [0, 0.05) is 38.8 Å². The first-order chi connectivity index (χ1) is 10.1. The molecule has 1 saturated heterocycles. The highest BCUT2D eigenvalue weighted by molar-refractivity contribution is 8.13. The van der Waals surface area contributed by atoms with E-state index in [1.165, 1.54) is 11.8 Å². The maximum Gasteiger partial charge on any atom is 0.222 e. The Bertz CT molecular complexity index is 326. The first kappa shape index (κ1) is 18.4. The average molecular weight is 319 g/mol. The maximum atomic E-state index is 11.8. The van der Waals surface area contributed by atoms with Crippen molar-refractivity contribution in [2.45, 2.75) is 19.8 Å². The third-order valence-electron chi connectivity index (χ3n) is 3.14. The monoisotopic (exact) mass is 319 g/mol. The van der Waals surface area contributed by atoms with Crippen LogP contribution in [0.3, 0.4) is 0 Å². The van der Waals surface area contributed by atoms with Crippen LogP contribution < -0.4 is 0 Å². The molecule has 0 saturated carbocycles. The Morgan fingerprint density at radius 3 is 2.71 bits per heavy atom. The summed E-state index contributed by atoms with van der Waals surface area (Å²) in [5, 5.41) is 8.63. The van der Waals surface area contributed by atoms with Crippen molar-refractivity contribution in [1.29, 1.82) is 0 Å². The topological polar surface area (TPSA) is 76.1 Å². The van der Waals surface area contributed by atoms with Crippen LogP contribution in [-0.4, -0.2) is 72.9 Å². The normalized spacial score (nSPS) is 18.5. The van der Waals surface area contributed by atoms with Gasteiger partial charge in [-0.15, -0.1) is 0 Å². The van der Waals surface area contributed by atoms with E-state index in [4.69, 9.17) is 14.6 Å². The number of thioether (sulfide) groups is 1. The van der Waals surface area contributed by atoms with E-state index in [9.17, 15) is 9.59 Å². The van der Waals surface area contributed by atoms with Gasteiger partial charge in [-0.3, -0.25) is 9.59 Å². The van der Waals surface area contributed by atoms with E-state index in [-0.39, 0.29) is 17.6 Å². The molecule has 0 aliphatic carbocycles. The molecule has 1 amide bonds. The lowest BCUT2D eigenvalue weighted by Gasteiger charge is -2.16. The zero-order valence-corrected chi connectivity index (χ0v) is 13.4. The van der Waals surface area contributed by atoms with Gasteiger partial charge in [0.05, 0.1) is 26.4 Å². The van der Waals surface area contributed by atoms with Crippen LogP contribution >= 0.6 is 11.8 Å². The number of hydrogen-bond donors (Lipinski definition) is 1. The van der Waals surface area contributed by atoms with Crippen LogP contribution in [0.1, 0.15) is 19.8 Å². The van der Waals surface area contributed by atoms with E-state index >= 15 is 0 Å². The molecule has 0 radical (unpaired) electrons. The van der Waals surface area contributed by atoms with Gasteiger partial charge in [0.1, 0.15) is 0 Å². The Morgan fingerprint density at radius 2 is 2.05 bits per heavy atom. The highest BCUT2D eigenvalue weighted by Crippen LogP contribution is 2.22. The van der Waals surface area contributed by atoms with Crippen molar-refractivity contribution in [3.8, 4) is 0 Å². The van der Waals surface area contributed by atoms with E-state index in [2.05, 4.69) is 0 Å². The fraction of sp³-hybridized carbons (Fsp3) is 0.857. The smallest absolute Gasteiger partial charge is 0.222 e. The van der Waals surface area contributed by atoms with Crippen LogP contribution in [-0.2, 0) is 19.1 Å². The quantitative estimate of drug-likeness (QED) is 0.560. The second kappa shape index (κ2) is 11.0. The first-order valence-corrected chi connectivity index (χ1v) is 8.29. The Morgan fingerprint density at radius 1 is 1.33 bits per heavy atom. The van der Waals surface area contributed by atoms with Gasteiger partial charge in [0.15, 0.2) is 5.12 Å². The SMILES string of the molecule is CC(=O)SCC1CC(=O)N(CCCOCCOCCO)C1.